The molecule has 1 unspecified atom stereocenters. The zero-order valence-electron chi connectivity index (χ0n) is 6.58. The van der Waals surface area contributed by atoms with Gasteiger partial charge in [-0.3, -0.25) is 0 Å². The number of aliphatic hydroxyl groups is 1. The van der Waals surface area contributed by atoms with Gasteiger partial charge in [-0.05, 0) is 12.8 Å². The lowest BCUT2D eigenvalue weighted by atomic mass is 10.2. The van der Waals surface area contributed by atoms with Crippen molar-refractivity contribution >= 4 is 0 Å². The maximum Gasteiger partial charge on any atom is 0.169 e. The zero-order chi connectivity index (χ0) is 7.73. The summed E-state index contributed by atoms with van der Waals surface area (Å²) < 4.78 is 11.1. The largest absolute Gasteiger partial charge is 0.394 e. The normalized spacial score (nSPS) is 35.2. The highest BCUT2D eigenvalue weighted by Crippen LogP contribution is 2.38. The number of aliphatic hydroxyl groups excluding tert-OH is 1. The van der Waals surface area contributed by atoms with Gasteiger partial charge in [0.1, 0.15) is 6.10 Å². The van der Waals surface area contributed by atoms with Crippen LogP contribution < -0.4 is 0 Å². The lowest BCUT2D eigenvalue weighted by Crippen LogP contribution is -2.27. The molecule has 2 fully saturated rings. The molecule has 2 aliphatic rings. The summed E-state index contributed by atoms with van der Waals surface area (Å²) in [5.41, 5.74) is 0. The van der Waals surface area contributed by atoms with Gasteiger partial charge in [0.2, 0.25) is 0 Å². The molecule has 2 rings (SSSR count). The highest BCUT2D eigenvalue weighted by Gasteiger charge is 2.43. The van der Waals surface area contributed by atoms with E-state index in [4.69, 9.17) is 14.6 Å². The molecular formula is C8H14O3. The van der Waals surface area contributed by atoms with Crippen molar-refractivity contribution in [3.63, 3.8) is 0 Å². The standard InChI is InChI=1S/C8H14O3/c9-5-7-6-10-8(11-7)3-1-2-4-8/h7,9H,1-6H2. The smallest absolute Gasteiger partial charge is 0.169 e. The molecule has 0 amide bonds. The van der Waals surface area contributed by atoms with Gasteiger partial charge < -0.3 is 14.6 Å². The van der Waals surface area contributed by atoms with E-state index in [1.54, 1.807) is 0 Å². The Morgan fingerprint density at radius 1 is 1.36 bits per heavy atom. The topological polar surface area (TPSA) is 38.7 Å². The lowest BCUT2D eigenvalue weighted by Gasteiger charge is -2.21. The first kappa shape index (κ1) is 7.53. The second kappa shape index (κ2) is 2.73. The molecule has 1 N–H and O–H groups in total. The summed E-state index contributed by atoms with van der Waals surface area (Å²) in [7, 11) is 0. The summed E-state index contributed by atoms with van der Waals surface area (Å²) in [4.78, 5) is 0. The molecule has 3 nitrogen and oxygen atoms in total. The van der Waals surface area contributed by atoms with E-state index in [0.717, 1.165) is 12.8 Å². The molecule has 1 saturated carbocycles. The highest BCUT2D eigenvalue weighted by molar-refractivity contribution is 4.83. The van der Waals surface area contributed by atoms with E-state index >= 15 is 0 Å². The van der Waals surface area contributed by atoms with Gasteiger partial charge in [-0.25, -0.2) is 0 Å². The molecule has 1 aliphatic carbocycles. The minimum absolute atomic E-state index is 0.0758. The minimum atomic E-state index is -0.298. The number of ether oxygens (including phenoxy) is 2. The van der Waals surface area contributed by atoms with Crippen molar-refractivity contribution in [2.75, 3.05) is 13.2 Å². The summed E-state index contributed by atoms with van der Waals surface area (Å²) in [5, 5.41) is 8.80. The van der Waals surface area contributed by atoms with E-state index in [1.165, 1.54) is 12.8 Å². The van der Waals surface area contributed by atoms with Crippen LogP contribution in [0.5, 0.6) is 0 Å². The Morgan fingerprint density at radius 2 is 2.09 bits per heavy atom. The Bertz CT molecular complexity index is 140. The van der Waals surface area contributed by atoms with Crippen LogP contribution >= 0.6 is 0 Å². The first-order chi connectivity index (χ1) is 5.35. The summed E-state index contributed by atoms with van der Waals surface area (Å²) >= 11 is 0. The fourth-order valence-corrected chi connectivity index (χ4v) is 1.88. The predicted octanol–water partition coefficient (Wildman–Crippen LogP) is 0.664. The van der Waals surface area contributed by atoms with E-state index in [1.807, 2.05) is 0 Å². The van der Waals surface area contributed by atoms with E-state index in [9.17, 15) is 0 Å². The van der Waals surface area contributed by atoms with Crippen LogP contribution in [0, 0.1) is 0 Å². The molecule has 3 heteroatoms. The van der Waals surface area contributed by atoms with Gasteiger partial charge in [0.05, 0.1) is 13.2 Å². The lowest BCUT2D eigenvalue weighted by molar-refractivity contribution is -0.165. The van der Waals surface area contributed by atoms with Crippen LogP contribution in [0.15, 0.2) is 0 Å². The number of rotatable bonds is 1. The SMILES string of the molecule is OCC1COC2(CCCC2)O1. The average molecular weight is 158 g/mol. The molecule has 0 aromatic rings. The highest BCUT2D eigenvalue weighted by atomic mass is 16.7. The van der Waals surface area contributed by atoms with Crippen molar-refractivity contribution in [3.05, 3.63) is 0 Å². The Balaban J connectivity index is 1.96. The van der Waals surface area contributed by atoms with E-state index in [2.05, 4.69) is 0 Å². The van der Waals surface area contributed by atoms with Crippen molar-refractivity contribution < 1.29 is 14.6 Å². The van der Waals surface area contributed by atoms with Crippen LogP contribution in [0.25, 0.3) is 0 Å². The van der Waals surface area contributed by atoms with E-state index < -0.39 is 0 Å². The molecule has 0 radical (unpaired) electrons. The van der Waals surface area contributed by atoms with Gasteiger partial charge in [0.25, 0.3) is 0 Å². The third-order valence-electron chi connectivity index (χ3n) is 2.48. The average Bonchev–Trinajstić information content (AvgIpc) is 2.62. The molecule has 1 aliphatic heterocycles. The van der Waals surface area contributed by atoms with Gasteiger partial charge in [0.15, 0.2) is 5.79 Å². The summed E-state index contributed by atoms with van der Waals surface area (Å²) in [6.45, 7) is 0.651. The molecule has 1 heterocycles. The van der Waals surface area contributed by atoms with Crippen molar-refractivity contribution in [2.45, 2.75) is 37.6 Å². The second-order valence-electron chi connectivity index (χ2n) is 3.35. The van der Waals surface area contributed by atoms with Crippen LogP contribution in [-0.4, -0.2) is 30.2 Å². The minimum Gasteiger partial charge on any atom is -0.394 e. The van der Waals surface area contributed by atoms with E-state index in [0.29, 0.717) is 6.61 Å². The third kappa shape index (κ3) is 1.28. The van der Waals surface area contributed by atoms with Crippen molar-refractivity contribution in [1.29, 1.82) is 0 Å². The quantitative estimate of drug-likeness (QED) is 0.609. The molecular weight excluding hydrogens is 144 g/mol. The Labute approximate surface area is 66.3 Å². The summed E-state index contributed by atoms with van der Waals surface area (Å²) in [5.74, 6) is -0.298. The Hall–Kier alpha value is -0.120. The third-order valence-corrected chi connectivity index (χ3v) is 2.48. The van der Waals surface area contributed by atoms with Crippen LogP contribution in [0.2, 0.25) is 0 Å². The van der Waals surface area contributed by atoms with Gasteiger partial charge in [-0.1, -0.05) is 0 Å². The van der Waals surface area contributed by atoms with Crippen molar-refractivity contribution in [2.24, 2.45) is 0 Å². The molecule has 0 aromatic carbocycles. The maximum absolute atomic E-state index is 8.80. The fourth-order valence-electron chi connectivity index (χ4n) is 1.88. The molecule has 11 heavy (non-hydrogen) atoms. The van der Waals surface area contributed by atoms with Crippen LogP contribution in [0.4, 0.5) is 0 Å². The first-order valence-electron chi connectivity index (χ1n) is 4.27. The maximum atomic E-state index is 8.80. The Morgan fingerprint density at radius 3 is 2.64 bits per heavy atom. The first-order valence-corrected chi connectivity index (χ1v) is 4.27. The summed E-state index contributed by atoms with van der Waals surface area (Å²) in [6.07, 6.45) is 4.32. The molecule has 1 saturated heterocycles. The molecule has 64 valence electrons. The van der Waals surface area contributed by atoms with E-state index in [-0.39, 0.29) is 18.5 Å². The van der Waals surface area contributed by atoms with Gasteiger partial charge >= 0.3 is 0 Å². The van der Waals surface area contributed by atoms with Crippen LogP contribution in [-0.2, 0) is 9.47 Å². The molecule has 0 aromatic heterocycles. The number of hydrogen-bond acceptors (Lipinski definition) is 3. The monoisotopic (exact) mass is 158 g/mol. The Kier molecular flexibility index (Phi) is 1.87. The fraction of sp³-hybridized carbons (Fsp3) is 1.00. The van der Waals surface area contributed by atoms with Crippen LogP contribution in [0.3, 0.4) is 0 Å². The number of hydrogen-bond donors (Lipinski definition) is 1. The van der Waals surface area contributed by atoms with Crippen LogP contribution in [0.1, 0.15) is 25.7 Å². The molecule has 1 spiro atoms. The van der Waals surface area contributed by atoms with Crippen molar-refractivity contribution in [1.82, 2.24) is 0 Å². The summed E-state index contributed by atoms with van der Waals surface area (Å²) in [6, 6.07) is 0. The van der Waals surface area contributed by atoms with Gasteiger partial charge in [-0.15, -0.1) is 0 Å². The van der Waals surface area contributed by atoms with Crippen molar-refractivity contribution in [3.8, 4) is 0 Å². The van der Waals surface area contributed by atoms with Gasteiger partial charge in [0, 0.05) is 12.8 Å². The zero-order valence-corrected chi connectivity index (χ0v) is 6.58. The van der Waals surface area contributed by atoms with Gasteiger partial charge in [-0.2, -0.15) is 0 Å². The molecule has 0 bridgehead atoms. The molecule has 1 atom stereocenters. The second-order valence-corrected chi connectivity index (χ2v) is 3.35. The predicted molar refractivity (Wildman–Crippen MR) is 39.1 cm³/mol.